The van der Waals surface area contributed by atoms with Crippen LogP contribution < -0.4 is 15.4 Å². The normalized spacial score (nSPS) is 19.5. The lowest BCUT2D eigenvalue weighted by molar-refractivity contribution is -0.123. The van der Waals surface area contributed by atoms with E-state index < -0.39 is 11.7 Å². The number of rotatable bonds is 5. The number of carbonyl (C=O) groups is 1. The Morgan fingerprint density at radius 1 is 1.48 bits per heavy atom. The van der Waals surface area contributed by atoms with Gasteiger partial charge in [-0.2, -0.15) is 0 Å². The zero-order chi connectivity index (χ0) is 15.6. The largest absolute Gasteiger partial charge is 0.478 e. The van der Waals surface area contributed by atoms with Gasteiger partial charge in [-0.05, 0) is 44.9 Å². The van der Waals surface area contributed by atoms with Crippen LogP contribution in [0.2, 0.25) is 0 Å². The highest BCUT2D eigenvalue weighted by atomic mass is 16.5. The van der Waals surface area contributed by atoms with E-state index in [1.54, 1.807) is 13.8 Å². The van der Waals surface area contributed by atoms with Crippen molar-refractivity contribution in [1.82, 2.24) is 5.32 Å². The van der Waals surface area contributed by atoms with E-state index in [9.17, 15) is 9.90 Å². The Balaban J connectivity index is 2.12. The second kappa shape index (κ2) is 6.03. The number of hydrogen-bond acceptors (Lipinski definition) is 4. The van der Waals surface area contributed by atoms with Crippen LogP contribution in [-0.4, -0.2) is 29.3 Å². The predicted molar refractivity (Wildman–Crippen MR) is 82.5 cm³/mol. The molecule has 3 N–H and O–H groups in total. The lowest BCUT2D eigenvalue weighted by atomic mass is 10.0. The summed E-state index contributed by atoms with van der Waals surface area (Å²) in [6, 6.07) is 5.84. The molecule has 1 aromatic rings. The van der Waals surface area contributed by atoms with Crippen molar-refractivity contribution in [3.63, 3.8) is 0 Å². The molecule has 0 bridgehead atoms. The van der Waals surface area contributed by atoms with E-state index in [0.717, 1.165) is 5.56 Å². The summed E-state index contributed by atoms with van der Waals surface area (Å²) in [6.45, 7) is 7.99. The lowest BCUT2D eigenvalue weighted by Crippen LogP contribution is -2.37. The molecule has 1 amide bonds. The van der Waals surface area contributed by atoms with E-state index in [4.69, 9.17) is 4.74 Å². The van der Waals surface area contributed by atoms with Crippen molar-refractivity contribution in [1.29, 1.82) is 0 Å². The molecule has 0 radical (unpaired) electrons. The molecule has 0 aliphatic carbocycles. The number of anilines is 1. The van der Waals surface area contributed by atoms with Crippen molar-refractivity contribution >= 4 is 11.6 Å². The van der Waals surface area contributed by atoms with Crippen LogP contribution in [0.1, 0.15) is 45.7 Å². The number of benzene rings is 1. The maximum atomic E-state index is 11.7. The van der Waals surface area contributed by atoms with E-state index in [1.165, 1.54) is 0 Å². The SMILES string of the molecule is CCC1Oc2cc(C(C)NCC(C)(C)O)ccc2NC1=O. The predicted octanol–water partition coefficient (Wildman–Crippen LogP) is 2.22. The summed E-state index contributed by atoms with van der Waals surface area (Å²) in [6.07, 6.45) is 0.217. The van der Waals surface area contributed by atoms with Crippen LogP contribution in [0, 0.1) is 0 Å². The Hall–Kier alpha value is -1.59. The van der Waals surface area contributed by atoms with Crippen molar-refractivity contribution in [2.75, 3.05) is 11.9 Å². The number of amides is 1. The molecule has 0 saturated carbocycles. The summed E-state index contributed by atoms with van der Waals surface area (Å²) in [5.41, 5.74) is 1.02. The van der Waals surface area contributed by atoms with Gasteiger partial charge in [0.1, 0.15) is 5.75 Å². The maximum absolute atomic E-state index is 11.7. The third kappa shape index (κ3) is 3.95. The fourth-order valence-corrected chi connectivity index (χ4v) is 2.22. The van der Waals surface area contributed by atoms with Crippen molar-refractivity contribution < 1.29 is 14.6 Å². The van der Waals surface area contributed by atoms with Gasteiger partial charge in [-0.1, -0.05) is 13.0 Å². The minimum Gasteiger partial charge on any atom is -0.478 e. The summed E-state index contributed by atoms with van der Waals surface area (Å²) in [5.74, 6) is 0.613. The van der Waals surface area contributed by atoms with E-state index in [-0.39, 0.29) is 11.9 Å². The molecule has 2 atom stereocenters. The number of ether oxygens (including phenoxy) is 1. The Morgan fingerprint density at radius 3 is 2.81 bits per heavy atom. The number of nitrogens with one attached hydrogen (secondary N) is 2. The van der Waals surface area contributed by atoms with Crippen LogP contribution in [0.4, 0.5) is 5.69 Å². The zero-order valence-corrected chi connectivity index (χ0v) is 13.1. The van der Waals surface area contributed by atoms with Gasteiger partial charge in [-0.15, -0.1) is 0 Å². The lowest BCUT2D eigenvalue weighted by Gasteiger charge is -2.27. The van der Waals surface area contributed by atoms with E-state index in [2.05, 4.69) is 10.6 Å². The summed E-state index contributed by atoms with van der Waals surface area (Å²) < 4.78 is 5.74. The van der Waals surface area contributed by atoms with Crippen LogP contribution in [0.15, 0.2) is 18.2 Å². The van der Waals surface area contributed by atoms with Gasteiger partial charge in [0.2, 0.25) is 0 Å². The first kappa shape index (κ1) is 15.8. The minimum atomic E-state index is -0.750. The highest BCUT2D eigenvalue weighted by Gasteiger charge is 2.26. The van der Waals surface area contributed by atoms with Crippen LogP contribution in [0.3, 0.4) is 0 Å². The Labute approximate surface area is 125 Å². The minimum absolute atomic E-state index is 0.0861. The van der Waals surface area contributed by atoms with E-state index >= 15 is 0 Å². The first-order chi connectivity index (χ1) is 9.80. The summed E-state index contributed by atoms with van der Waals surface area (Å²) in [5, 5.41) is 15.9. The molecule has 116 valence electrons. The van der Waals surface area contributed by atoms with Crippen molar-refractivity contribution in [2.45, 2.75) is 51.9 Å². The van der Waals surface area contributed by atoms with Gasteiger partial charge >= 0.3 is 0 Å². The topological polar surface area (TPSA) is 70.6 Å². The monoisotopic (exact) mass is 292 g/mol. The molecular formula is C16H24N2O3. The maximum Gasteiger partial charge on any atom is 0.265 e. The quantitative estimate of drug-likeness (QED) is 0.778. The molecule has 2 unspecified atom stereocenters. The average molecular weight is 292 g/mol. The summed E-state index contributed by atoms with van der Waals surface area (Å²) in [4.78, 5) is 11.7. The van der Waals surface area contributed by atoms with Gasteiger partial charge < -0.3 is 20.5 Å². The van der Waals surface area contributed by atoms with Gasteiger partial charge in [0, 0.05) is 12.6 Å². The average Bonchev–Trinajstić information content (AvgIpc) is 2.42. The molecule has 1 aromatic carbocycles. The first-order valence-electron chi connectivity index (χ1n) is 7.37. The molecular weight excluding hydrogens is 268 g/mol. The van der Waals surface area contributed by atoms with Gasteiger partial charge in [0.15, 0.2) is 6.10 Å². The standard InChI is InChI=1S/C16H24N2O3/c1-5-13-15(19)18-12-7-6-11(8-14(12)21-13)10(2)17-9-16(3,4)20/h6-8,10,13,17,20H,5,9H2,1-4H3,(H,18,19). The van der Waals surface area contributed by atoms with Crippen LogP contribution in [-0.2, 0) is 4.79 Å². The number of hydrogen-bond donors (Lipinski definition) is 3. The fourth-order valence-electron chi connectivity index (χ4n) is 2.22. The Bertz CT molecular complexity index is 523. The van der Waals surface area contributed by atoms with Crippen LogP contribution in [0.25, 0.3) is 0 Å². The zero-order valence-electron chi connectivity index (χ0n) is 13.1. The second-order valence-electron chi connectivity index (χ2n) is 6.17. The third-order valence-electron chi connectivity index (χ3n) is 3.54. The molecule has 21 heavy (non-hydrogen) atoms. The molecule has 1 heterocycles. The molecule has 5 heteroatoms. The molecule has 1 aliphatic heterocycles. The van der Waals surface area contributed by atoms with E-state index in [1.807, 2.05) is 32.0 Å². The highest BCUT2D eigenvalue weighted by Crippen LogP contribution is 2.33. The molecule has 0 aromatic heterocycles. The molecule has 1 aliphatic rings. The molecule has 0 saturated heterocycles. The fraction of sp³-hybridized carbons (Fsp3) is 0.562. The third-order valence-corrected chi connectivity index (χ3v) is 3.54. The van der Waals surface area contributed by atoms with Crippen LogP contribution >= 0.6 is 0 Å². The van der Waals surface area contributed by atoms with Crippen molar-refractivity contribution in [2.24, 2.45) is 0 Å². The van der Waals surface area contributed by atoms with Crippen LogP contribution in [0.5, 0.6) is 5.75 Å². The van der Waals surface area contributed by atoms with Gasteiger partial charge in [0.05, 0.1) is 11.3 Å². The number of carbonyl (C=O) groups excluding carboxylic acids is 1. The van der Waals surface area contributed by atoms with E-state index in [0.29, 0.717) is 24.4 Å². The Morgan fingerprint density at radius 2 is 2.19 bits per heavy atom. The number of fused-ring (bicyclic) bond motifs is 1. The van der Waals surface area contributed by atoms with Crippen molar-refractivity contribution in [3.05, 3.63) is 23.8 Å². The van der Waals surface area contributed by atoms with Crippen molar-refractivity contribution in [3.8, 4) is 5.75 Å². The summed E-state index contributed by atoms with van der Waals surface area (Å²) >= 11 is 0. The second-order valence-corrected chi connectivity index (χ2v) is 6.17. The summed E-state index contributed by atoms with van der Waals surface area (Å²) in [7, 11) is 0. The molecule has 0 fully saturated rings. The van der Waals surface area contributed by atoms with Gasteiger partial charge in [-0.3, -0.25) is 4.79 Å². The van der Waals surface area contributed by atoms with Gasteiger partial charge in [-0.25, -0.2) is 0 Å². The molecule has 0 spiro atoms. The smallest absolute Gasteiger partial charge is 0.265 e. The molecule has 5 nitrogen and oxygen atoms in total. The number of aliphatic hydroxyl groups is 1. The van der Waals surface area contributed by atoms with Gasteiger partial charge in [0.25, 0.3) is 5.91 Å². The molecule has 2 rings (SSSR count). The Kier molecular flexibility index (Phi) is 4.54. The highest BCUT2D eigenvalue weighted by molar-refractivity contribution is 5.97. The first-order valence-corrected chi connectivity index (χ1v) is 7.37.